The number of nitrogens with zero attached hydrogens (tertiary/aromatic N) is 5. The van der Waals surface area contributed by atoms with Gasteiger partial charge in [0.05, 0.1) is 53.4 Å². The summed E-state index contributed by atoms with van der Waals surface area (Å²) in [6, 6.07) is 23.2. The lowest BCUT2D eigenvalue weighted by atomic mass is 10.2. The number of anilines is 2. The lowest BCUT2D eigenvalue weighted by Gasteiger charge is -2.26. The molecule has 0 saturated carbocycles. The highest BCUT2D eigenvalue weighted by Crippen LogP contribution is 2.40. The van der Waals surface area contributed by atoms with E-state index in [1.54, 1.807) is 17.0 Å². The van der Waals surface area contributed by atoms with E-state index in [4.69, 9.17) is 27.1 Å². The zero-order chi connectivity index (χ0) is 31.8. The van der Waals surface area contributed by atoms with Crippen molar-refractivity contribution in [2.45, 2.75) is 25.3 Å². The van der Waals surface area contributed by atoms with Gasteiger partial charge < -0.3 is 19.7 Å². The summed E-state index contributed by atoms with van der Waals surface area (Å²) in [6.07, 6.45) is 0. The quantitative estimate of drug-likeness (QED) is 0.191. The number of aliphatic imine (C=N–C) groups is 1. The lowest BCUT2D eigenvalue weighted by Crippen LogP contribution is -2.38. The van der Waals surface area contributed by atoms with E-state index < -0.39 is 0 Å². The number of amides is 1. The summed E-state index contributed by atoms with van der Waals surface area (Å²) in [5, 5.41) is 13.4. The van der Waals surface area contributed by atoms with Gasteiger partial charge in [-0.1, -0.05) is 30.3 Å². The van der Waals surface area contributed by atoms with Crippen molar-refractivity contribution < 1.29 is 14.3 Å². The summed E-state index contributed by atoms with van der Waals surface area (Å²) in [7, 11) is 1.93. The Labute approximate surface area is 274 Å². The number of nitriles is 1. The lowest BCUT2D eigenvalue weighted by molar-refractivity contribution is -0.122. The summed E-state index contributed by atoms with van der Waals surface area (Å²) >= 11 is 6.11. The fraction of sp³-hybridized carbons (Fsp3) is 0.324. The van der Waals surface area contributed by atoms with E-state index in [0.29, 0.717) is 41.0 Å². The molecule has 5 rings (SSSR count). The third kappa shape index (κ3) is 8.02. The van der Waals surface area contributed by atoms with E-state index in [1.165, 1.54) is 11.8 Å². The maximum absolute atomic E-state index is 14.0. The van der Waals surface area contributed by atoms with Gasteiger partial charge in [0.2, 0.25) is 0 Å². The number of morpholine rings is 1. The molecule has 2 fully saturated rings. The largest absolute Gasteiger partial charge is 0.492 e. The minimum atomic E-state index is -0.128. The Hall–Kier alpha value is -3.95. The van der Waals surface area contributed by atoms with Gasteiger partial charge in [-0.2, -0.15) is 5.26 Å². The van der Waals surface area contributed by atoms with Gasteiger partial charge in [-0.05, 0) is 67.6 Å². The molecule has 2 heterocycles. The molecule has 1 N–H and O–H groups in total. The van der Waals surface area contributed by atoms with Gasteiger partial charge in [0, 0.05) is 43.8 Å². The van der Waals surface area contributed by atoms with Crippen LogP contribution in [0.4, 0.5) is 17.1 Å². The Morgan fingerprint density at radius 2 is 1.93 bits per heavy atom. The van der Waals surface area contributed by atoms with E-state index in [2.05, 4.69) is 16.3 Å². The van der Waals surface area contributed by atoms with Gasteiger partial charge in [0.15, 0.2) is 5.17 Å². The van der Waals surface area contributed by atoms with Gasteiger partial charge in [-0.25, -0.2) is 4.99 Å². The van der Waals surface area contributed by atoms with E-state index in [9.17, 15) is 10.1 Å². The van der Waals surface area contributed by atoms with Crippen molar-refractivity contribution in [2.24, 2.45) is 4.99 Å². The van der Waals surface area contributed by atoms with Crippen molar-refractivity contribution in [1.82, 2.24) is 9.80 Å². The van der Waals surface area contributed by atoms with Gasteiger partial charge >= 0.3 is 0 Å². The molecule has 0 atom stereocenters. The van der Waals surface area contributed by atoms with Crippen LogP contribution in [0.5, 0.6) is 5.75 Å². The van der Waals surface area contributed by atoms with Crippen molar-refractivity contribution in [3.05, 3.63) is 88.5 Å². The minimum Gasteiger partial charge on any atom is -0.492 e. The summed E-state index contributed by atoms with van der Waals surface area (Å²) in [6.45, 7) is 9.81. The third-order valence-corrected chi connectivity index (χ3v) is 9.20. The molecule has 0 radical (unpaired) electrons. The summed E-state index contributed by atoms with van der Waals surface area (Å²) in [5.74, 6) is 0.624. The molecule has 2 aliphatic rings. The van der Waals surface area contributed by atoms with Crippen LogP contribution >= 0.6 is 24.4 Å². The predicted molar refractivity (Wildman–Crippen MR) is 185 cm³/mol. The van der Waals surface area contributed by atoms with Gasteiger partial charge in [0.1, 0.15) is 12.4 Å². The van der Waals surface area contributed by atoms with Crippen molar-refractivity contribution in [1.29, 1.82) is 5.26 Å². The van der Waals surface area contributed by atoms with Gasteiger partial charge in [-0.3, -0.25) is 14.6 Å². The number of thioether (sulfide) groups is 1. The molecule has 234 valence electrons. The molecular weight excluding hydrogens is 605 g/mol. The van der Waals surface area contributed by atoms with Crippen LogP contribution in [0.15, 0.2) is 87.2 Å². The number of benzene rings is 3. The first kappa shape index (κ1) is 32.4. The Bertz CT molecular complexity index is 1620. The second-order valence-electron chi connectivity index (χ2n) is 10.7. The number of carbonyl (C=O) groups excluding carboxylic acids is 1. The topological polar surface area (TPSA) is 93.4 Å². The number of carbonyl (C=O) groups is 1. The molecule has 0 aliphatic carbocycles. The number of hydrogen-bond donors (Lipinski definition) is 2. The summed E-state index contributed by atoms with van der Waals surface area (Å²) in [4.78, 5) is 26.3. The molecule has 2 saturated heterocycles. The van der Waals surface area contributed by atoms with Crippen molar-refractivity contribution in [3.8, 4) is 11.8 Å². The maximum Gasteiger partial charge on any atom is 0.268 e. The average molecular weight is 643 g/mol. The summed E-state index contributed by atoms with van der Waals surface area (Å²) in [5.41, 5.74) is 4.54. The summed E-state index contributed by atoms with van der Waals surface area (Å²) < 4.78 is 11.4. The van der Waals surface area contributed by atoms with E-state index in [0.717, 1.165) is 66.1 Å². The fourth-order valence-corrected chi connectivity index (χ4v) is 6.50. The SMILES string of the molecule is CCNc1ccc(C#N)cc1N=C1S/C(=C(\C)N(C)c2ccc(OCCN3CCOCC3)cc2S)C(=O)N1Cc1ccccc1. The molecular formula is C34H38N6O3S2. The van der Waals surface area contributed by atoms with Crippen LogP contribution < -0.4 is 15.0 Å². The second kappa shape index (κ2) is 15.4. The number of allylic oxidation sites excluding steroid dienone is 1. The Kier molecular flexibility index (Phi) is 11.1. The highest BCUT2D eigenvalue weighted by atomic mass is 32.2. The molecule has 9 nitrogen and oxygen atoms in total. The van der Waals surface area contributed by atoms with Crippen LogP contribution in [-0.2, 0) is 16.1 Å². The number of hydrogen-bond acceptors (Lipinski definition) is 10. The Morgan fingerprint density at radius 1 is 1.16 bits per heavy atom. The molecule has 0 aromatic heterocycles. The molecule has 0 spiro atoms. The van der Waals surface area contributed by atoms with Crippen molar-refractivity contribution in [3.63, 3.8) is 0 Å². The van der Waals surface area contributed by atoms with E-state index in [1.807, 2.05) is 80.4 Å². The molecule has 1 amide bonds. The minimum absolute atomic E-state index is 0.128. The Balaban J connectivity index is 1.41. The van der Waals surface area contributed by atoms with Crippen LogP contribution in [0.3, 0.4) is 0 Å². The van der Waals surface area contributed by atoms with Crippen LogP contribution in [0.1, 0.15) is 25.0 Å². The zero-order valence-electron chi connectivity index (χ0n) is 25.8. The number of rotatable bonds is 11. The first-order chi connectivity index (χ1) is 21.9. The molecule has 11 heteroatoms. The molecule has 2 aliphatic heterocycles. The van der Waals surface area contributed by atoms with Crippen molar-refractivity contribution >= 4 is 52.5 Å². The zero-order valence-corrected chi connectivity index (χ0v) is 27.5. The first-order valence-corrected chi connectivity index (χ1v) is 16.2. The molecule has 45 heavy (non-hydrogen) atoms. The highest BCUT2D eigenvalue weighted by Gasteiger charge is 2.36. The first-order valence-electron chi connectivity index (χ1n) is 15.0. The van der Waals surface area contributed by atoms with Gasteiger partial charge in [0.25, 0.3) is 5.91 Å². The van der Waals surface area contributed by atoms with Crippen LogP contribution in [0.2, 0.25) is 0 Å². The maximum atomic E-state index is 14.0. The van der Waals surface area contributed by atoms with E-state index in [-0.39, 0.29) is 5.91 Å². The molecule has 3 aromatic rings. The van der Waals surface area contributed by atoms with Crippen LogP contribution in [0.25, 0.3) is 0 Å². The monoisotopic (exact) mass is 642 g/mol. The normalized spacial score (nSPS) is 17.4. The smallest absolute Gasteiger partial charge is 0.268 e. The second-order valence-corrected chi connectivity index (χ2v) is 12.1. The van der Waals surface area contributed by atoms with Crippen molar-refractivity contribution in [2.75, 3.05) is 63.3 Å². The number of thiol groups is 1. The standard InChI is InChI=1S/C34H38N6O3S2/c1-4-36-28-12-10-26(22-35)20-29(28)37-34-40(23-25-8-6-5-7-9-25)33(41)32(45-34)24(2)38(3)30-13-11-27(21-31(30)44)43-19-16-39-14-17-42-18-15-39/h5-13,20-21,36,44H,4,14-19,23H2,1-3H3/b32-24+,37-34?. The van der Waals surface area contributed by atoms with Crippen LogP contribution in [0, 0.1) is 11.3 Å². The molecule has 0 unspecified atom stereocenters. The third-order valence-electron chi connectivity index (χ3n) is 7.68. The Morgan fingerprint density at radius 3 is 2.64 bits per heavy atom. The molecule has 3 aromatic carbocycles. The van der Waals surface area contributed by atoms with Gasteiger partial charge in [-0.15, -0.1) is 12.6 Å². The predicted octanol–water partition coefficient (Wildman–Crippen LogP) is 6.12. The molecule has 0 bridgehead atoms. The van der Waals surface area contributed by atoms with E-state index >= 15 is 0 Å². The highest BCUT2D eigenvalue weighted by molar-refractivity contribution is 8.18. The van der Waals surface area contributed by atoms with Crippen LogP contribution in [-0.4, -0.2) is 73.9 Å². The number of ether oxygens (including phenoxy) is 2. The average Bonchev–Trinajstić information content (AvgIpc) is 3.36. The fourth-order valence-electron chi connectivity index (χ4n) is 5.08. The number of amidine groups is 1. The number of nitrogens with one attached hydrogen (secondary N) is 1.